The van der Waals surface area contributed by atoms with Gasteiger partial charge in [0.15, 0.2) is 5.82 Å². The summed E-state index contributed by atoms with van der Waals surface area (Å²) in [6, 6.07) is 2.31. The van der Waals surface area contributed by atoms with Gasteiger partial charge in [0.05, 0.1) is 16.3 Å². The predicted molar refractivity (Wildman–Crippen MR) is 42.8 cm³/mol. The number of carboxylic acid groups (broad SMARTS) is 1. The van der Waals surface area contributed by atoms with Crippen LogP contribution in [0.1, 0.15) is 10.4 Å². The zero-order chi connectivity index (χ0) is 9.30. The Morgan fingerprint density at radius 2 is 2.17 bits per heavy atom. The highest BCUT2D eigenvalue weighted by Gasteiger charge is 2.13. The van der Waals surface area contributed by atoms with E-state index in [4.69, 9.17) is 22.4 Å². The van der Waals surface area contributed by atoms with E-state index in [9.17, 15) is 9.18 Å². The number of benzene rings is 1. The van der Waals surface area contributed by atoms with Crippen molar-refractivity contribution in [3.8, 4) is 0 Å². The first-order valence-electron chi connectivity index (χ1n) is 3.01. The molecule has 1 aromatic carbocycles. The molecule has 0 aromatic heterocycles. The van der Waals surface area contributed by atoms with Crippen molar-refractivity contribution in [2.75, 3.05) is 5.73 Å². The minimum absolute atomic E-state index is 0.183. The summed E-state index contributed by atoms with van der Waals surface area (Å²) in [5.41, 5.74) is 4.43. The third-order valence-corrected chi connectivity index (χ3v) is 1.65. The second-order valence-electron chi connectivity index (χ2n) is 2.13. The normalized spacial score (nSPS) is 9.83. The lowest BCUT2D eigenvalue weighted by Gasteiger charge is -2.02. The van der Waals surface area contributed by atoms with E-state index in [1.165, 1.54) is 0 Å². The van der Waals surface area contributed by atoms with Gasteiger partial charge < -0.3 is 10.8 Å². The average molecular weight is 190 g/mol. The molecule has 0 radical (unpaired) electrons. The molecule has 0 aliphatic rings. The van der Waals surface area contributed by atoms with Crippen molar-refractivity contribution in [2.24, 2.45) is 0 Å². The largest absolute Gasteiger partial charge is 0.478 e. The van der Waals surface area contributed by atoms with Gasteiger partial charge in [-0.1, -0.05) is 11.6 Å². The van der Waals surface area contributed by atoms with Crippen LogP contribution < -0.4 is 5.73 Å². The van der Waals surface area contributed by atoms with Crippen molar-refractivity contribution < 1.29 is 14.3 Å². The van der Waals surface area contributed by atoms with E-state index >= 15 is 0 Å². The maximum Gasteiger partial charge on any atom is 0.337 e. The molecule has 0 heterocycles. The number of carbonyl (C=O) groups is 1. The molecule has 0 aliphatic heterocycles. The molecule has 0 unspecified atom stereocenters. The van der Waals surface area contributed by atoms with Crippen LogP contribution in [0.2, 0.25) is 5.02 Å². The maximum atomic E-state index is 12.8. The quantitative estimate of drug-likeness (QED) is 0.662. The molecular formula is C7H5ClFNO2. The molecule has 0 saturated carbocycles. The molecule has 12 heavy (non-hydrogen) atoms. The van der Waals surface area contributed by atoms with Gasteiger partial charge in [0.2, 0.25) is 0 Å². The summed E-state index contributed by atoms with van der Waals surface area (Å²) >= 11 is 5.34. The highest BCUT2D eigenvalue weighted by Crippen LogP contribution is 2.23. The number of hydrogen-bond acceptors (Lipinski definition) is 2. The Bertz CT molecular complexity index is 340. The van der Waals surface area contributed by atoms with Gasteiger partial charge in [-0.3, -0.25) is 0 Å². The second kappa shape index (κ2) is 2.98. The van der Waals surface area contributed by atoms with Crippen molar-refractivity contribution in [3.05, 3.63) is 28.5 Å². The molecule has 0 amide bonds. The van der Waals surface area contributed by atoms with Gasteiger partial charge in [-0.25, -0.2) is 9.18 Å². The number of aromatic carboxylic acids is 1. The first-order valence-corrected chi connectivity index (χ1v) is 3.38. The molecule has 5 heteroatoms. The van der Waals surface area contributed by atoms with Crippen molar-refractivity contribution >= 4 is 23.3 Å². The Kier molecular flexibility index (Phi) is 2.19. The molecule has 3 N–H and O–H groups in total. The number of carboxylic acids is 1. The Morgan fingerprint density at radius 3 is 2.67 bits per heavy atom. The van der Waals surface area contributed by atoms with Crippen molar-refractivity contribution in [3.63, 3.8) is 0 Å². The van der Waals surface area contributed by atoms with Gasteiger partial charge in [-0.2, -0.15) is 0 Å². The van der Waals surface area contributed by atoms with Crippen LogP contribution in [-0.4, -0.2) is 11.1 Å². The second-order valence-corrected chi connectivity index (χ2v) is 2.53. The first kappa shape index (κ1) is 8.80. The van der Waals surface area contributed by atoms with E-state index in [-0.39, 0.29) is 10.6 Å². The van der Waals surface area contributed by atoms with Gasteiger partial charge in [0, 0.05) is 0 Å². The van der Waals surface area contributed by atoms with Crippen LogP contribution >= 0.6 is 11.6 Å². The zero-order valence-corrected chi connectivity index (χ0v) is 6.60. The molecule has 1 aromatic rings. The standard InChI is InChI=1S/C7H5ClFNO2/c8-4-2-1-3(7(11)12)6(10)5(4)9/h1-2H,10H2,(H,11,12). The van der Waals surface area contributed by atoms with Gasteiger partial charge in [0.25, 0.3) is 0 Å². The van der Waals surface area contributed by atoms with E-state index in [0.29, 0.717) is 0 Å². The lowest BCUT2D eigenvalue weighted by molar-refractivity contribution is 0.0697. The molecule has 1 rings (SSSR count). The third-order valence-electron chi connectivity index (χ3n) is 1.36. The first-order chi connectivity index (χ1) is 5.54. The fourth-order valence-corrected chi connectivity index (χ4v) is 0.918. The predicted octanol–water partition coefficient (Wildman–Crippen LogP) is 1.76. The number of hydrogen-bond donors (Lipinski definition) is 2. The van der Waals surface area contributed by atoms with Crippen LogP contribution in [0.15, 0.2) is 12.1 Å². The summed E-state index contributed by atoms with van der Waals surface area (Å²) in [6.07, 6.45) is 0. The van der Waals surface area contributed by atoms with Crippen LogP contribution in [-0.2, 0) is 0 Å². The van der Waals surface area contributed by atoms with Crippen molar-refractivity contribution in [2.45, 2.75) is 0 Å². The fraction of sp³-hybridized carbons (Fsp3) is 0. The zero-order valence-electron chi connectivity index (χ0n) is 5.84. The molecular weight excluding hydrogens is 185 g/mol. The summed E-state index contributed by atoms with van der Waals surface area (Å²) in [7, 11) is 0. The maximum absolute atomic E-state index is 12.8. The summed E-state index contributed by atoms with van der Waals surface area (Å²) in [6.45, 7) is 0. The van der Waals surface area contributed by atoms with E-state index in [2.05, 4.69) is 0 Å². The number of nitrogen functional groups attached to an aromatic ring is 1. The van der Waals surface area contributed by atoms with E-state index in [1.54, 1.807) is 0 Å². The van der Waals surface area contributed by atoms with Gasteiger partial charge in [0.1, 0.15) is 0 Å². The van der Waals surface area contributed by atoms with Crippen molar-refractivity contribution in [1.82, 2.24) is 0 Å². The molecule has 0 fully saturated rings. The van der Waals surface area contributed by atoms with Gasteiger partial charge in [-0.05, 0) is 12.1 Å². The molecule has 64 valence electrons. The Balaban J connectivity index is 3.36. The van der Waals surface area contributed by atoms with Crippen LogP contribution in [0.4, 0.5) is 10.1 Å². The highest BCUT2D eigenvalue weighted by atomic mass is 35.5. The molecule has 0 bridgehead atoms. The lowest BCUT2D eigenvalue weighted by Crippen LogP contribution is -2.04. The number of nitrogens with two attached hydrogens (primary N) is 1. The highest BCUT2D eigenvalue weighted by molar-refractivity contribution is 6.31. The van der Waals surface area contributed by atoms with Crippen LogP contribution in [0.25, 0.3) is 0 Å². The fourth-order valence-electron chi connectivity index (χ4n) is 0.753. The Labute approximate surface area is 72.6 Å². The molecule has 0 spiro atoms. The van der Waals surface area contributed by atoms with Crippen LogP contribution in [0.3, 0.4) is 0 Å². The van der Waals surface area contributed by atoms with Crippen molar-refractivity contribution in [1.29, 1.82) is 0 Å². The summed E-state index contributed by atoms with van der Waals surface area (Å²) in [5, 5.41) is 8.31. The summed E-state index contributed by atoms with van der Waals surface area (Å²) in [5.74, 6) is -2.17. The topological polar surface area (TPSA) is 63.3 Å². The number of rotatable bonds is 1. The summed E-state index contributed by atoms with van der Waals surface area (Å²) < 4.78 is 12.8. The van der Waals surface area contributed by atoms with E-state index in [1.807, 2.05) is 0 Å². The Hall–Kier alpha value is -1.29. The average Bonchev–Trinajstić information content (AvgIpc) is 2.00. The minimum atomic E-state index is -1.27. The van der Waals surface area contributed by atoms with E-state index in [0.717, 1.165) is 12.1 Å². The smallest absolute Gasteiger partial charge is 0.337 e. The third kappa shape index (κ3) is 1.33. The number of halogens is 2. The SMILES string of the molecule is Nc1c(C(=O)O)ccc(Cl)c1F. The molecule has 3 nitrogen and oxygen atoms in total. The van der Waals surface area contributed by atoms with Crippen LogP contribution in [0.5, 0.6) is 0 Å². The van der Waals surface area contributed by atoms with Gasteiger partial charge >= 0.3 is 5.97 Å². The molecule has 0 atom stereocenters. The Morgan fingerprint density at radius 1 is 1.58 bits per heavy atom. The van der Waals surface area contributed by atoms with Crippen LogP contribution in [0, 0.1) is 5.82 Å². The van der Waals surface area contributed by atoms with Gasteiger partial charge in [-0.15, -0.1) is 0 Å². The molecule has 0 aliphatic carbocycles. The monoisotopic (exact) mass is 189 g/mol. The number of anilines is 1. The summed E-state index contributed by atoms with van der Waals surface area (Å²) in [4.78, 5) is 10.4. The minimum Gasteiger partial charge on any atom is -0.478 e. The molecule has 0 saturated heterocycles. The van der Waals surface area contributed by atoms with E-state index < -0.39 is 17.5 Å². The lowest BCUT2D eigenvalue weighted by atomic mass is 10.2.